The predicted octanol–water partition coefficient (Wildman–Crippen LogP) is 3.08. The fourth-order valence-electron chi connectivity index (χ4n) is 2.47. The molecule has 0 saturated carbocycles. The number of methoxy groups -OCH3 is 2. The van der Waals surface area contributed by atoms with E-state index < -0.39 is 0 Å². The van der Waals surface area contributed by atoms with Crippen LogP contribution >= 0.6 is 0 Å². The van der Waals surface area contributed by atoms with Gasteiger partial charge in [0.25, 0.3) is 0 Å². The van der Waals surface area contributed by atoms with Crippen LogP contribution in [0.15, 0.2) is 36.4 Å². The molecule has 6 heteroatoms. The van der Waals surface area contributed by atoms with Gasteiger partial charge in [-0.25, -0.2) is 0 Å². The Labute approximate surface area is 145 Å². The molecule has 1 heterocycles. The molecule has 6 nitrogen and oxygen atoms in total. The molecule has 0 fully saturated rings. The minimum absolute atomic E-state index is 0.0830. The van der Waals surface area contributed by atoms with Crippen molar-refractivity contribution >= 4 is 11.9 Å². The molecular formula is C19H18O6. The van der Waals surface area contributed by atoms with Crippen molar-refractivity contribution in [1.29, 1.82) is 0 Å². The van der Waals surface area contributed by atoms with E-state index in [1.807, 2.05) is 0 Å². The van der Waals surface area contributed by atoms with E-state index in [1.165, 1.54) is 20.3 Å². The van der Waals surface area contributed by atoms with Gasteiger partial charge in [-0.05, 0) is 42.0 Å². The third kappa shape index (κ3) is 3.52. The zero-order valence-corrected chi connectivity index (χ0v) is 13.9. The number of carbonyl (C=O) groups is 1. The Morgan fingerprint density at radius 1 is 1.04 bits per heavy atom. The molecule has 0 atom stereocenters. The van der Waals surface area contributed by atoms with Crippen LogP contribution in [0.2, 0.25) is 0 Å². The summed E-state index contributed by atoms with van der Waals surface area (Å²) in [5, 5.41) is 9.91. The van der Waals surface area contributed by atoms with Gasteiger partial charge in [0.1, 0.15) is 13.2 Å². The molecule has 0 bridgehead atoms. The molecule has 1 aliphatic rings. The zero-order valence-electron chi connectivity index (χ0n) is 13.9. The van der Waals surface area contributed by atoms with Crippen LogP contribution in [0.4, 0.5) is 0 Å². The molecule has 2 aromatic rings. The summed E-state index contributed by atoms with van der Waals surface area (Å²) >= 11 is 0. The SMILES string of the molecule is COc1cc(/C=C\C(=O)c2ccc3c(c2)OCCO3)cc(OC)c1O. The highest BCUT2D eigenvalue weighted by Gasteiger charge is 2.14. The van der Waals surface area contributed by atoms with Crippen molar-refractivity contribution in [2.75, 3.05) is 27.4 Å². The molecule has 0 amide bonds. The Hall–Kier alpha value is -3.15. The van der Waals surface area contributed by atoms with Gasteiger partial charge in [-0.15, -0.1) is 0 Å². The first-order chi connectivity index (χ1) is 12.1. The van der Waals surface area contributed by atoms with Crippen LogP contribution in [0.5, 0.6) is 28.7 Å². The molecule has 0 unspecified atom stereocenters. The highest BCUT2D eigenvalue weighted by molar-refractivity contribution is 6.07. The van der Waals surface area contributed by atoms with Crippen molar-refractivity contribution in [1.82, 2.24) is 0 Å². The van der Waals surface area contributed by atoms with Gasteiger partial charge in [-0.1, -0.05) is 6.08 Å². The lowest BCUT2D eigenvalue weighted by Crippen LogP contribution is -2.15. The van der Waals surface area contributed by atoms with Crippen molar-refractivity contribution in [3.63, 3.8) is 0 Å². The fourth-order valence-corrected chi connectivity index (χ4v) is 2.47. The molecule has 0 spiro atoms. The van der Waals surface area contributed by atoms with Crippen LogP contribution in [0.25, 0.3) is 6.08 Å². The van der Waals surface area contributed by atoms with Gasteiger partial charge in [0, 0.05) is 5.56 Å². The number of carbonyl (C=O) groups excluding carboxylic acids is 1. The third-order valence-corrected chi connectivity index (χ3v) is 3.76. The minimum atomic E-state index is -0.178. The lowest BCUT2D eigenvalue weighted by Gasteiger charge is -2.18. The first-order valence-electron chi connectivity index (χ1n) is 7.69. The summed E-state index contributed by atoms with van der Waals surface area (Å²) < 4.78 is 21.1. The lowest BCUT2D eigenvalue weighted by atomic mass is 10.1. The van der Waals surface area contributed by atoms with E-state index in [-0.39, 0.29) is 23.0 Å². The Balaban J connectivity index is 1.83. The number of ether oxygens (including phenoxy) is 4. The van der Waals surface area contributed by atoms with E-state index >= 15 is 0 Å². The van der Waals surface area contributed by atoms with Crippen LogP contribution in [0, 0.1) is 0 Å². The molecule has 0 saturated heterocycles. The number of benzene rings is 2. The van der Waals surface area contributed by atoms with Gasteiger partial charge >= 0.3 is 0 Å². The van der Waals surface area contributed by atoms with Crippen LogP contribution in [0.3, 0.4) is 0 Å². The van der Waals surface area contributed by atoms with Gasteiger partial charge < -0.3 is 24.1 Å². The summed E-state index contributed by atoms with van der Waals surface area (Å²) in [5.41, 5.74) is 1.16. The second kappa shape index (κ2) is 7.17. The van der Waals surface area contributed by atoms with E-state index in [2.05, 4.69) is 0 Å². The average Bonchev–Trinajstić information content (AvgIpc) is 2.66. The third-order valence-electron chi connectivity index (χ3n) is 3.76. The number of fused-ring (bicyclic) bond motifs is 1. The maximum Gasteiger partial charge on any atom is 0.200 e. The fraction of sp³-hybridized carbons (Fsp3) is 0.211. The molecule has 3 rings (SSSR count). The molecule has 1 N–H and O–H groups in total. The summed E-state index contributed by atoms with van der Waals surface area (Å²) in [4.78, 5) is 12.4. The Kier molecular flexibility index (Phi) is 4.79. The maximum absolute atomic E-state index is 12.4. The number of ketones is 1. The molecule has 0 radical (unpaired) electrons. The monoisotopic (exact) mass is 342 g/mol. The van der Waals surface area contributed by atoms with Crippen molar-refractivity contribution in [2.45, 2.75) is 0 Å². The predicted molar refractivity (Wildman–Crippen MR) is 92.0 cm³/mol. The summed E-state index contributed by atoms with van der Waals surface area (Å²) in [6, 6.07) is 8.32. The molecule has 130 valence electrons. The van der Waals surface area contributed by atoms with Crippen molar-refractivity contribution in [2.24, 2.45) is 0 Å². The molecule has 25 heavy (non-hydrogen) atoms. The number of allylic oxidation sites excluding steroid dienone is 1. The highest BCUT2D eigenvalue weighted by atomic mass is 16.6. The summed E-state index contributed by atoms with van der Waals surface area (Å²) in [6.45, 7) is 0.971. The van der Waals surface area contributed by atoms with Crippen molar-refractivity contribution in [3.8, 4) is 28.7 Å². The van der Waals surface area contributed by atoms with Gasteiger partial charge in [0.2, 0.25) is 5.75 Å². The van der Waals surface area contributed by atoms with Crippen LogP contribution < -0.4 is 18.9 Å². The summed E-state index contributed by atoms with van der Waals surface area (Å²) in [5.74, 6) is 1.48. The Bertz CT molecular complexity index is 800. The standard InChI is InChI=1S/C19H18O6/c1-22-17-9-12(10-18(23-2)19(17)21)3-5-14(20)13-4-6-15-16(11-13)25-8-7-24-15/h3-6,9-11,21H,7-8H2,1-2H3/b5-3-. The van der Waals surface area contributed by atoms with E-state index in [1.54, 1.807) is 36.4 Å². The number of phenols is 1. The number of phenolic OH excluding ortho intramolecular Hbond substituents is 1. The van der Waals surface area contributed by atoms with Crippen LogP contribution in [0.1, 0.15) is 15.9 Å². The van der Waals surface area contributed by atoms with Gasteiger partial charge in [-0.2, -0.15) is 0 Å². The summed E-state index contributed by atoms with van der Waals surface area (Å²) in [7, 11) is 2.89. The van der Waals surface area contributed by atoms with Gasteiger partial charge in [0.15, 0.2) is 28.8 Å². The maximum atomic E-state index is 12.4. The molecule has 0 aliphatic carbocycles. The van der Waals surface area contributed by atoms with E-state index in [9.17, 15) is 9.90 Å². The van der Waals surface area contributed by atoms with Crippen LogP contribution in [-0.2, 0) is 0 Å². The largest absolute Gasteiger partial charge is 0.502 e. The highest BCUT2D eigenvalue weighted by Crippen LogP contribution is 2.37. The Morgan fingerprint density at radius 2 is 1.68 bits per heavy atom. The van der Waals surface area contributed by atoms with Gasteiger partial charge in [-0.3, -0.25) is 4.79 Å². The van der Waals surface area contributed by atoms with Crippen LogP contribution in [-0.4, -0.2) is 38.3 Å². The number of hydrogen-bond acceptors (Lipinski definition) is 6. The first kappa shape index (κ1) is 16.7. The van der Waals surface area contributed by atoms with Crippen molar-refractivity contribution < 1.29 is 28.8 Å². The van der Waals surface area contributed by atoms with Gasteiger partial charge in [0.05, 0.1) is 14.2 Å². The normalized spacial score (nSPS) is 12.9. The number of aromatic hydroxyl groups is 1. The average molecular weight is 342 g/mol. The number of hydrogen-bond donors (Lipinski definition) is 1. The zero-order chi connectivity index (χ0) is 17.8. The second-order valence-electron chi connectivity index (χ2n) is 5.33. The second-order valence-corrected chi connectivity index (χ2v) is 5.33. The quantitative estimate of drug-likeness (QED) is 0.665. The lowest BCUT2D eigenvalue weighted by molar-refractivity contribution is 0.104. The smallest absolute Gasteiger partial charge is 0.200 e. The first-order valence-corrected chi connectivity index (χ1v) is 7.69. The molecule has 2 aromatic carbocycles. The van der Waals surface area contributed by atoms with E-state index in [4.69, 9.17) is 18.9 Å². The summed E-state index contributed by atoms with van der Waals surface area (Å²) in [6.07, 6.45) is 3.07. The molecule has 1 aliphatic heterocycles. The molecule has 0 aromatic heterocycles. The molecular weight excluding hydrogens is 324 g/mol. The minimum Gasteiger partial charge on any atom is -0.502 e. The van der Waals surface area contributed by atoms with Crippen molar-refractivity contribution in [3.05, 3.63) is 47.5 Å². The van der Waals surface area contributed by atoms with E-state index in [0.717, 1.165) is 0 Å². The van der Waals surface area contributed by atoms with E-state index in [0.29, 0.717) is 35.8 Å². The number of rotatable bonds is 5. The Morgan fingerprint density at radius 3 is 2.32 bits per heavy atom. The topological polar surface area (TPSA) is 74.2 Å².